The highest BCUT2D eigenvalue weighted by Gasteiger charge is 2.29. The number of amides is 2. The van der Waals surface area contributed by atoms with Crippen molar-refractivity contribution in [1.82, 2.24) is 38.3 Å². The van der Waals surface area contributed by atoms with Gasteiger partial charge in [-0.3, -0.25) is 28.2 Å². The molecule has 33 heavy (non-hydrogen) atoms. The average Bonchev–Trinajstić information content (AvgIpc) is 3.45. The first-order valence-electron chi connectivity index (χ1n) is 11.1. The van der Waals surface area contributed by atoms with E-state index in [-0.39, 0.29) is 29.5 Å². The van der Waals surface area contributed by atoms with Crippen LogP contribution in [-0.2, 0) is 38.4 Å². The van der Waals surface area contributed by atoms with E-state index in [0.717, 1.165) is 36.1 Å². The van der Waals surface area contributed by atoms with Crippen LogP contribution in [0.3, 0.4) is 0 Å². The van der Waals surface area contributed by atoms with Crippen LogP contribution in [0.2, 0.25) is 0 Å². The molecule has 0 unspecified atom stereocenters. The van der Waals surface area contributed by atoms with Crippen LogP contribution in [0.4, 0.5) is 0 Å². The first kappa shape index (κ1) is 21.2. The smallest absolute Gasteiger partial charge is 0.332 e. The van der Waals surface area contributed by atoms with Crippen molar-refractivity contribution in [1.29, 1.82) is 0 Å². The predicted octanol–water partition coefficient (Wildman–Crippen LogP) is -1.05. The number of rotatable bonds is 3. The Kier molecular flexibility index (Phi) is 5.14. The lowest BCUT2D eigenvalue weighted by atomic mass is 10.1. The molecule has 5 rings (SSSR count). The molecule has 2 aliphatic rings. The maximum atomic E-state index is 13.0. The second-order valence-electron chi connectivity index (χ2n) is 8.61. The lowest BCUT2D eigenvalue weighted by Gasteiger charge is -2.35. The number of fused-ring (bicyclic) bond motifs is 2. The summed E-state index contributed by atoms with van der Waals surface area (Å²) in [4.78, 5) is 58.3. The van der Waals surface area contributed by atoms with Crippen LogP contribution in [0.25, 0.3) is 11.2 Å². The molecule has 0 spiro atoms. The molecule has 3 aromatic rings. The highest BCUT2D eigenvalue weighted by atomic mass is 16.2. The Bertz CT molecular complexity index is 1370. The normalized spacial score (nSPS) is 16.3. The summed E-state index contributed by atoms with van der Waals surface area (Å²) in [5.74, 6) is -0.199. The summed E-state index contributed by atoms with van der Waals surface area (Å²) in [6.07, 6.45) is 6.08. The number of nitrogens with zero attached hydrogens (tertiary/aromatic N) is 8. The molecule has 0 radical (unpaired) electrons. The van der Waals surface area contributed by atoms with Crippen molar-refractivity contribution in [3.05, 3.63) is 44.6 Å². The van der Waals surface area contributed by atoms with Crippen molar-refractivity contribution in [2.45, 2.75) is 32.4 Å². The van der Waals surface area contributed by atoms with Gasteiger partial charge in [0.1, 0.15) is 6.54 Å². The van der Waals surface area contributed by atoms with E-state index < -0.39 is 11.2 Å². The Balaban J connectivity index is 1.27. The number of aryl methyl sites for hydroxylation is 2. The molecule has 0 N–H and O–H groups in total. The van der Waals surface area contributed by atoms with Gasteiger partial charge in [-0.1, -0.05) is 0 Å². The third-order valence-electron chi connectivity index (χ3n) is 6.65. The zero-order valence-electron chi connectivity index (χ0n) is 18.7. The number of hydrogen-bond donors (Lipinski definition) is 0. The predicted molar refractivity (Wildman–Crippen MR) is 118 cm³/mol. The molecule has 12 nitrogen and oxygen atoms in total. The van der Waals surface area contributed by atoms with Gasteiger partial charge in [0.25, 0.3) is 11.5 Å². The minimum absolute atomic E-state index is 0.0322. The van der Waals surface area contributed by atoms with Gasteiger partial charge < -0.3 is 14.4 Å². The highest BCUT2D eigenvalue weighted by molar-refractivity contribution is 5.95. The number of imidazole rings is 1. The largest absolute Gasteiger partial charge is 0.338 e. The molecule has 0 bridgehead atoms. The minimum atomic E-state index is -0.488. The Hall–Kier alpha value is -3.70. The average molecular weight is 454 g/mol. The van der Waals surface area contributed by atoms with E-state index in [1.54, 1.807) is 16.0 Å². The molecule has 0 atom stereocenters. The number of aromatic nitrogens is 6. The molecule has 0 saturated carbocycles. The van der Waals surface area contributed by atoms with E-state index in [1.165, 1.54) is 29.6 Å². The summed E-state index contributed by atoms with van der Waals surface area (Å²) in [7, 11) is 2.94. The van der Waals surface area contributed by atoms with Gasteiger partial charge in [0.05, 0.1) is 23.8 Å². The first-order valence-corrected chi connectivity index (χ1v) is 11.1. The van der Waals surface area contributed by atoms with Crippen molar-refractivity contribution >= 4 is 23.0 Å². The van der Waals surface area contributed by atoms with Crippen LogP contribution in [0.15, 0.2) is 22.1 Å². The Morgan fingerprint density at radius 1 is 0.970 bits per heavy atom. The molecule has 1 fully saturated rings. The van der Waals surface area contributed by atoms with Gasteiger partial charge in [-0.2, -0.15) is 5.10 Å². The summed E-state index contributed by atoms with van der Waals surface area (Å²) in [5, 5.41) is 4.35. The lowest BCUT2D eigenvalue weighted by Crippen LogP contribution is -2.51. The van der Waals surface area contributed by atoms with Crippen LogP contribution in [0.1, 0.15) is 28.9 Å². The lowest BCUT2D eigenvalue weighted by molar-refractivity contribution is -0.133. The zero-order valence-corrected chi connectivity index (χ0v) is 18.7. The molecule has 12 heteroatoms. The second kappa shape index (κ2) is 8.01. The SMILES string of the molecule is Cn1c(=O)c2c(ncn2CC(=O)N2CCN(C(=O)c3cnn4c3CCCC4)CC2)n(C)c1=O. The number of piperazine rings is 1. The fraction of sp³-hybridized carbons (Fsp3) is 0.524. The Morgan fingerprint density at radius 3 is 2.45 bits per heavy atom. The molecule has 3 aromatic heterocycles. The molecule has 5 heterocycles. The Labute approximate surface area is 188 Å². The molecule has 174 valence electrons. The van der Waals surface area contributed by atoms with E-state index in [4.69, 9.17) is 0 Å². The maximum absolute atomic E-state index is 13.0. The third kappa shape index (κ3) is 3.45. The third-order valence-corrected chi connectivity index (χ3v) is 6.65. The molecule has 2 amide bonds. The van der Waals surface area contributed by atoms with Gasteiger partial charge in [-0.05, 0) is 19.3 Å². The molecule has 0 aliphatic carbocycles. The van der Waals surface area contributed by atoms with Gasteiger partial charge in [-0.25, -0.2) is 9.78 Å². The maximum Gasteiger partial charge on any atom is 0.332 e. The van der Waals surface area contributed by atoms with Gasteiger partial charge in [0, 0.05) is 46.8 Å². The summed E-state index contributed by atoms with van der Waals surface area (Å²) in [6.45, 7) is 2.50. The molecule has 0 aromatic carbocycles. The van der Waals surface area contributed by atoms with Crippen molar-refractivity contribution in [3.8, 4) is 0 Å². The van der Waals surface area contributed by atoms with E-state index in [0.29, 0.717) is 31.7 Å². The van der Waals surface area contributed by atoms with Crippen LogP contribution >= 0.6 is 0 Å². The van der Waals surface area contributed by atoms with Crippen LogP contribution in [0, 0.1) is 0 Å². The fourth-order valence-corrected chi connectivity index (χ4v) is 4.69. The number of carbonyl (C=O) groups is 2. The summed E-state index contributed by atoms with van der Waals surface area (Å²) >= 11 is 0. The van der Waals surface area contributed by atoms with Crippen molar-refractivity contribution in [3.63, 3.8) is 0 Å². The zero-order chi connectivity index (χ0) is 23.3. The first-order chi connectivity index (χ1) is 15.9. The summed E-state index contributed by atoms with van der Waals surface area (Å²) in [5.41, 5.74) is 1.18. The summed E-state index contributed by atoms with van der Waals surface area (Å²) in [6, 6.07) is 0. The monoisotopic (exact) mass is 454 g/mol. The van der Waals surface area contributed by atoms with Crippen molar-refractivity contribution in [2.24, 2.45) is 14.1 Å². The van der Waals surface area contributed by atoms with Crippen molar-refractivity contribution < 1.29 is 9.59 Å². The van der Waals surface area contributed by atoms with E-state index in [9.17, 15) is 19.2 Å². The van der Waals surface area contributed by atoms with Gasteiger partial charge in [-0.15, -0.1) is 0 Å². The molecular weight excluding hydrogens is 428 g/mol. The van der Waals surface area contributed by atoms with Gasteiger partial charge in [0.2, 0.25) is 5.91 Å². The summed E-state index contributed by atoms with van der Waals surface area (Å²) < 4.78 is 5.70. The highest BCUT2D eigenvalue weighted by Crippen LogP contribution is 2.20. The number of carbonyl (C=O) groups excluding carboxylic acids is 2. The fourth-order valence-electron chi connectivity index (χ4n) is 4.69. The minimum Gasteiger partial charge on any atom is -0.338 e. The van der Waals surface area contributed by atoms with Crippen LogP contribution in [-0.4, -0.2) is 76.3 Å². The molecular formula is C21H26N8O4. The van der Waals surface area contributed by atoms with E-state index >= 15 is 0 Å². The standard InChI is InChI=1S/C21H26N8O4/c1-24-18-17(20(32)25(2)21(24)33)28(13-22-18)12-16(30)26-7-9-27(10-8-26)19(31)14-11-23-29-6-4-3-5-15(14)29/h11,13H,3-10,12H2,1-2H3. The number of hydrogen-bond acceptors (Lipinski definition) is 6. The van der Waals surface area contributed by atoms with E-state index in [2.05, 4.69) is 10.1 Å². The molecule has 1 saturated heterocycles. The van der Waals surface area contributed by atoms with Gasteiger partial charge >= 0.3 is 5.69 Å². The second-order valence-corrected chi connectivity index (χ2v) is 8.61. The van der Waals surface area contributed by atoms with E-state index in [1.807, 2.05) is 4.68 Å². The van der Waals surface area contributed by atoms with Crippen LogP contribution < -0.4 is 11.2 Å². The topological polar surface area (TPSA) is 120 Å². The van der Waals surface area contributed by atoms with Crippen molar-refractivity contribution in [2.75, 3.05) is 26.2 Å². The molecule has 2 aliphatic heterocycles. The van der Waals surface area contributed by atoms with Gasteiger partial charge in [0.15, 0.2) is 11.2 Å². The Morgan fingerprint density at radius 2 is 1.70 bits per heavy atom. The quantitative estimate of drug-likeness (QED) is 0.498. The van der Waals surface area contributed by atoms with Crippen LogP contribution in [0.5, 0.6) is 0 Å².